The fraction of sp³-hybridized carbons (Fsp3) is 0.423. The number of rotatable bonds is 6. The second-order valence-electron chi connectivity index (χ2n) is 8.70. The van der Waals surface area contributed by atoms with Gasteiger partial charge in [0.15, 0.2) is 6.10 Å². The lowest BCUT2D eigenvalue weighted by Gasteiger charge is -2.47. The molecule has 2 aromatic rings. The van der Waals surface area contributed by atoms with E-state index in [4.69, 9.17) is 9.47 Å². The molecule has 2 heterocycles. The molecule has 0 bridgehead atoms. The Labute approximate surface area is 198 Å². The Morgan fingerprint density at radius 1 is 1.06 bits per heavy atom. The van der Waals surface area contributed by atoms with Gasteiger partial charge in [-0.15, -0.1) is 0 Å². The normalized spacial score (nSPS) is 21.7. The molecule has 0 unspecified atom stereocenters. The Morgan fingerprint density at radius 2 is 1.71 bits per heavy atom. The molecule has 2 aromatic carbocycles. The lowest BCUT2D eigenvalue weighted by Crippen LogP contribution is -2.58. The van der Waals surface area contributed by atoms with E-state index in [1.165, 1.54) is 31.4 Å². The molecule has 7 nitrogen and oxygen atoms in total. The highest BCUT2D eigenvalue weighted by atomic mass is 19.1. The fourth-order valence-corrected chi connectivity index (χ4v) is 5.23. The van der Waals surface area contributed by atoms with E-state index in [1.807, 2.05) is 30.3 Å². The van der Waals surface area contributed by atoms with E-state index in [0.29, 0.717) is 38.0 Å². The van der Waals surface area contributed by atoms with Crippen LogP contribution in [0.2, 0.25) is 0 Å². The Balaban J connectivity index is 1.64. The van der Waals surface area contributed by atoms with Crippen LogP contribution >= 0.6 is 0 Å². The summed E-state index contributed by atoms with van der Waals surface area (Å²) in [5.41, 5.74) is 0.511. The van der Waals surface area contributed by atoms with Crippen LogP contribution < -0.4 is 0 Å². The molecule has 0 N–H and O–H groups in total. The topological polar surface area (TPSA) is 76.2 Å². The first-order valence-electron chi connectivity index (χ1n) is 11.5. The number of nitrogens with zero attached hydrogens (tertiary/aromatic N) is 2. The molecule has 34 heavy (non-hydrogen) atoms. The van der Waals surface area contributed by atoms with Crippen molar-refractivity contribution < 1.29 is 28.2 Å². The average Bonchev–Trinajstić information content (AvgIpc) is 3.07. The Morgan fingerprint density at radius 3 is 2.29 bits per heavy atom. The minimum atomic E-state index is -0.942. The molecule has 0 aromatic heterocycles. The van der Waals surface area contributed by atoms with Crippen molar-refractivity contribution in [3.8, 4) is 0 Å². The van der Waals surface area contributed by atoms with Crippen LogP contribution in [-0.2, 0) is 25.6 Å². The first-order valence-corrected chi connectivity index (χ1v) is 11.5. The van der Waals surface area contributed by atoms with Crippen LogP contribution in [-0.4, -0.2) is 66.0 Å². The molecule has 180 valence electrons. The van der Waals surface area contributed by atoms with E-state index in [0.717, 1.165) is 5.56 Å². The molecule has 0 aliphatic carbocycles. The summed E-state index contributed by atoms with van der Waals surface area (Å²) in [5, 5.41) is 0. The van der Waals surface area contributed by atoms with E-state index in [9.17, 15) is 18.8 Å². The lowest BCUT2D eigenvalue weighted by atomic mass is 9.75. The molecule has 1 spiro atoms. The van der Waals surface area contributed by atoms with Crippen LogP contribution in [0, 0.1) is 11.7 Å². The number of benzene rings is 2. The minimum Gasteiger partial charge on any atom is -0.466 e. The third-order valence-electron chi connectivity index (χ3n) is 6.91. The smallest absolute Gasteiger partial charge is 0.314 e. The highest BCUT2D eigenvalue weighted by molar-refractivity contribution is 5.95. The van der Waals surface area contributed by atoms with Gasteiger partial charge < -0.3 is 19.3 Å². The molecule has 4 rings (SSSR count). The van der Waals surface area contributed by atoms with Gasteiger partial charge in [-0.25, -0.2) is 4.39 Å². The van der Waals surface area contributed by atoms with Crippen LogP contribution in [0.15, 0.2) is 54.6 Å². The number of carbonyl (C=O) groups is 3. The van der Waals surface area contributed by atoms with Crippen molar-refractivity contribution in [1.29, 1.82) is 0 Å². The second-order valence-corrected chi connectivity index (χ2v) is 8.70. The summed E-state index contributed by atoms with van der Waals surface area (Å²) in [6, 6.07) is 15.0. The minimum absolute atomic E-state index is 0.198. The van der Waals surface area contributed by atoms with Gasteiger partial charge in [-0.05, 0) is 49.6 Å². The van der Waals surface area contributed by atoms with Crippen molar-refractivity contribution in [2.75, 3.05) is 26.8 Å². The molecular weight excluding hydrogens is 439 g/mol. The van der Waals surface area contributed by atoms with Crippen LogP contribution in [0.5, 0.6) is 0 Å². The average molecular weight is 469 g/mol. The number of likely N-dealkylation sites (tertiary alicyclic amines) is 2. The van der Waals surface area contributed by atoms with E-state index in [2.05, 4.69) is 0 Å². The Hall–Kier alpha value is -3.26. The lowest BCUT2D eigenvalue weighted by molar-refractivity contribution is -0.157. The predicted molar refractivity (Wildman–Crippen MR) is 122 cm³/mol. The number of hydrogen-bond donors (Lipinski definition) is 0. The quantitative estimate of drug-likeness (QED) is 0.610. The first kappa shape index (κ1) is 23.9. The zero-order valence-electron chi connectivity index (χ0n) is 19.4. The number of piperidine rings is 1. The third kappa shape index (κ3) is 4.30. The molecule has 2 amide bonds. The number of ether oxygens (including phenoxy) is 2. The Bertz CT molecular complexity index is 1030. The number of amides is 2. The second kappa shape index (κ2) is 9.93. The standard InChI is InChI=1S/C26H29FN2O5/c1-3-34-25(32)21-22(33-2)24(31)29(17-18-7-5-4-6-8-18)26(21)13-15-28(16-14-26)23(30)19-9-11-20(27)12-10-19/h4-12,21-22H,3,13-17H2,1-2H3/t21-,22+/m0/s1. The van der Waals surface area contributed by atoms with Gasteiger partial charge >= 0.3 is 5.97 Å². The van der Waals surface area contributed by atoms with Crippen molar-refractivity contribution >= 4 is 17.8 Å². The van der Waals surface area contributed by atoms with Crippen molar-refractivity contribution in [1.82, 2.24) is 9.80 Å². The van der Waals surface area contributed by atoms with Crippen LogP contribution in [0.25, 0.3) is 0 Å². The predicted octanol–water partition coefficient (Wildman–Crippen LogP) is 3.04. The van der Waals surface area contributed by atoms with Gasteiger partial charge in [0.05, 0.1) is 12.1 Å². The zero-order valence-corrected chi connectivity index (χ0v) is 19.4. The van der Waals surface area contributed by atoms with Crippen molar-refractivity contribution in [2.24, 2.45) is 5.92 Å². The highest BCUT2D eigenvalue weighted by Gasteiger charge is 2.63. The fourth-order valence-electron chi connectivity index (χ4n) is 5.23. The summed E-state index contributed by atoms with van der Waals surface area (Å²) in [6.45, 7) is 2.96. The van der Waals surface area contributed by atoms with E-state index in [1.54, 1.807) is 16.7 Å². The monoisotopic (exact) mass is 468 g/mol. The van der Waals surface area contributed by atoms with Crippen LogP contribution in [0.1, 0.15) is 35.7 Å². The molecule has 2 aliphatic heterocycles. The summed E-state index contributed by atoms with van der Waals surface area (Å²) in [5.74, 6) is -2.11. The largest absolute Gasteiger partial charge is 0.466 e. The summed E-state index contributed by atoms with van der Waals surface area (Å²) >= 11 is 0. The molecule has 0 saturated carbocycles. The number of hydrogen-bond acceptors (Lipinski definition) is 5. The third-order valence-corrected chi connectivity index (χ3v) is 6.91. The molecule has 2 fully saturated rings. The number of methoxy groups -OCH3 is 1. The summed E-state index contributed by atoms with van der Waals surface area (Å²) in [6.07, 6.45) is -0.133. The van der Waals surface area contributed by atoms with E-state index < -0.39 is 29.3 Å². The first-order chi connectivity index (χ1) is 16.4. The maximum absolute atomic E-state index is 13.5. The molecule has 2 atom stereocenters. The summed E-state index contributed by atoms with van der Waals surface area (Å²) in [7, 11) is 1.43. The van der Waals surface area contributed by atoms with Crippen molar-refractivity contribution in [3.63, 3.8) is 0 Å². The van der Waals surface area contributed by atoms with Gasteiger partial charge in [0.1, 0.15) is 11.7 Å². The highest BCUT2D eigenvalue weighted by Crippen LogP contribution is 2.46. The number of halogens is 1. The van der Waals surface area contributed by atoms with Crippen LogP contribution in [0.4, 0.5) is 4.39 Å². The van der Waals surface area contributed by atoms with Gasteiger partial charge in [-0.1, -0.05) is 30.3 Å². The van der Waals surface area contributed by atoms with E-state index in [-0.39, 0.29) is 18.4 Å². The SMILES string of the molecule is CCOC(=O)[C@@H]1[C@@H](OC)C(=O)N(Cc2ccccc2)C12CCN(C(=O)c1ccc(F)cc1)CC2. The van der Waals surface area contributed by atoms with Gasteiger partial charge in [0.2, 0.25) is 0 Å². The van der Waals surface area contributed by atoms with Crippen LogP contribution in [0.3, 0.4) is 0 Å². The molecule has 2 aliphatic rings. The molecule has 8 heteroatoms. The van der Waals surface area contributed by atoms with Crippen molar-refractivity contribution in [2.45, 2.75) is 38.0 Å². The van der Waals surface area contributed by atoms with Gasteiger partial charge in [-0.2, -0.15) is 0 Å². The number of carbonyl (C=O) groups excluding carboxylic acids is 3. The van der Waals surface area contributed by atoms with Gasteiger partial charge in [-0.3, -0.25) is 14.4 Å². The molecule has 2 saturated heterocycles. The molecular formula is C26H29FN2O5. The molecule has 0 radical (unpaired) electrons. The summed E-state index contributed by atoms with van der Waals surface area (Å²) in [4.78, 5) is 43.0. The van der Waals surface area contributed by atoms with Gasteiger partial charge in [0, 0.05) is 32.3 Å². The maximum atomic E-state index is 13.5. The zero-order chi connectivity index (χ0) is 24.3. The Kier molecular flexibility index (Phi) is 6.97. The maximum Gasteiger partial charge on any atom is 0.314 e. The van der Waals surface area contributed by atoms with Gasteiger partial charge in [0.25, 0.3) is 11.8 Å². The summed E-state index contributed by atoms with van der Waals surface area (Å²) < 4.78 is 24.2. The number of esters is 1. The van der Waals surface area contributed by atoms with Crippen molar-refractivity contribution in [3.05, 3.63) is 71.5 Å². The van der Waals surface area contributed by atoms with E-state index >= 15 is 0 Å².